The summed E-state index contributed by atoms with van der Waals surface area (Å²) in [6.45, 7) is 4.35. The first kappa shape index (κ1) is 21.6. The third kappa shape index (κ3) is 11.1. The summed E-state index contributed by atoms with van der Waals surface area (Å²) in [6, 6.07) is 5.48. The topological polar surface area (TPSA) is 152 Å². The van der Waals surface area contributed by atoms with Crippen molar-refractivity contribution in [2.75, 3.05) is 6.61 Å². The molecule has 0 aliphatic heterocycles. The standard InChI is InChI=1S/C8H6O4.C3H8O2.C3H4O2/c9-7(10)5-3-1-2-4-6(5)8(11)12;1-3(5)2-4;1-2-3(4)5/h1-4H,(H,9,10)(H,11,12);3-5H,2H2,1H3;2H,1H2,(H,4,5). The van der Waals surface area contributed by atoms with Crippen molar-refractivity contribution >= 4 is 17.9 Å². The van der Waals surface area contributed by atoms with Gasteiger partial charge in [0, 0.05) is 6.08 Å². The number of carboxylic acids is 3. The highest BCUT2D eigenvalue weighted by Gasteiger charge is 2.13. The van der Waals surface area contributed by atoms with Crippen LogP contribution < -0.4 is 0 Å². The van der Waals surface area contributed by atoms with Gasteiger partial charge in [-0.15, -0.1) is 0 Å². The van der Waals surface area contributed by atoms with Crippen molar-refractivity contribution < 1.29 is 39.9 Å². The van der Waals surface area contributed by atoms with Crippen molar-refractivity contribution in [3.05, 3.63) is 48.0 Å². The van der Waals surface area contributed by atoms with Gasteiger partial charge in [0.05, 0.1) is 23.8 Å². The highest BCUT2D eigenvalue weighted by atomic mass is 16.4. The van der Waals surface area contributed by atoms with Crippen LogP contribution in [0, 0.1) is 0 Å². The van der Waals surface area contributed by atoms with Crippen molar-refractivity contribution in [2.24, 2.45) is 0 Å². The quantitative estimate of drug-likeness (QED) is 0.509. The van der Waals surface area contributed by atoms with Gasteiger partial charge in [0.25, 0.3) is 0 Å². The number of rotatable bonds is 4. The van der Waals surface area contributed by atoms with E-state index in [0.29, 0.717) is 0 Å². The summed E-state index contributed by atoms with van der Waals surface area (Å²) >= 11 is 0. The molecule has 0 aromatic heterocycles. The van der Waals surface area contributed by atoms with E-state index in [0.717, 1.165) is 6.08 Å². The minimum atomic E-state index is -1.23. The van der Waals surface area contributed by atoms with Gasteiger partial charge in [-0.05, 0) is 19.1 Å². The molecule has 0 saturated carbocycles. The molecule has 1 unspecified atom stereocenters. The van der Waals surface area contributed by atoms with Gasteiger partial charge in [-0.1, -0.05) is 18.7 Å². The van der Waals surface area contributed by atoms with Crippen LogP contribution >= 0.6 is 0 Å². The zero-order valence-electron chi connectivity index (χ0n) is 11.8. The lowest BCUT2D eigenvalue weighted by molar-refractivity contribution is -0.131. The number of aromatic carboxylic acids is 2. The highest BCUT2D eigenvalue weighted by Crippen LogP contribution is 2.07. The van der Waals surface area contributed by atoms with Crippen LogP contribution in [0.2, 0.25) is 0 Å². The average Bonchev–Trinajstić information content (AvgIpc) is 2.48. The lowest BCUT2D eigenvalue weighted by Gasteiger charge is -1.98. The fourth-order valence-electron chi connectivity index (χ4n) is 0.856. The maximum absolute atomic E-state index is 10.5. The summed E-state index contributed by atoms with van der Waals surface area (Å²) in [7, 11) is 0. The van der Waals surface area contributed by atoms with E-state index in [1.54, 1.807) is 0 Å². The molecule has 5 N–H and O–H groups in total. The molecule has 122 valence electrons. The molecule has 0 heterocycles. The molecule has 1 aromatic rings. The van der Waals surface area contributed by atoms with Crippen LogP contribution in [-0.4, -0.2) is 56.2 Å². The molecule has 0 radical (unpaired) electrons. The van der Waals surface area contributed by atoms with Crippen molar-refractivity contribution in [3.63, 3.8) is 0 Å². The van der Waals surface area contributed by atoms with E-state index in [1.807, 2.05) is 0 Å². The third-order valence-corrected chi connectivity index (χ3v) is 1.83. The summed E-state index contributed by atoms with van der Waals surface area (Å²) in [5, 5.41) is 40.7. The van der Waals surface area contributed by atoms with Crippen molar-refractivity contribution in [1.82, 2.24) is 0 Å². The van der Waals surface area contributed by atoms with Crippen LogP contribution in [0.4, 0.5) is 0 Å². The Morgan fingerprint density at radius 3 is 1.50 bits per heavy atom. The lowest BCUT2D eigenvalue weighted by atomic mass is 10.1. The number of hydrogen-bond acceptors (Lipinski definition) is 5. The zero-order chi connectivity index (χ0) is 17.7. The molecule has 8 heteroatoms. The van der Waals surface area contributed by atoms with Crippen molar-refractivity contribution in [1.29, 1.82) is 0 Å². The molecule has 0 bridgehead atoms. The molecule has 0 fully saturated rings. The molecule has 8 nitrogen and oxygen atoms in total. The van der Waals surface area contributed by atoms with Gasteiger partial charge in [0.15, 0.2) is 0 Å². The number of carboxylic acid groups (broad SMARTS) is 3. The number of aliphatic carboxylic acids is 1. The zero-order valence-corrected chi connectivity index (χ0v) is 11.8. The van der Waals surface area contributed by atoms with Gasteiger partial charge in [0.1, 0.15) is 0 Å². The van der Waals surface area contributed by atoms with Gasteiger partial charge in [-0.3, -0.25) is 0 Å². The molecule has 1 rings (SSSR count). The van der Waals surface area contributed by atoms with E-state index in [1.165, 1.54) is 31.2 Å². The Morgan fingerprint density at radius 2 is 1.36 bits per heavy atom. The molecular formula is C14H18O8. The fraction of sp³-hybridized carbons (Fsp3) is 0.214. The van der Waals surface area contributed by atoms with Crippen LogP contribution in [0.25, 0.3) is 0 Å². The van der Waals surface area contributed by atoms with Gasteiger partial charge in [-0.25, -0.2) is 14.4 Å². The highest BCUT2D eigenvalue weighted by molar-refractivity contribution is 6.01. The minimum absolute atomic E-state index is 0.139. The van der Waals surface area contributed by atoms with Gasteiger partial charge in [0.2, 0.25) is 0 Å². The lowest BCUT2D eigenvalue weighted by Crippen LogP contribution is -2.06. The molecule has 0 aliphatic rings. The Balaban J connectivity index is 0. The fourth-order valence-corrected chi connectivity index (χ4v) is 0.856. The molecule has 1 atom stereocenters. The Hall–Kier alpha value is -2.71. The number of aliphatic hydroxyl groups excluding tert-OH is 2. The van der Waals surface area contributed by atoms with Gasteiger partial charge < -0.3 is 25.5 Å². The minimum Gasteiger partial charge on any atom is -0.478 e. The number of benzene rings is 1. The van der Waals surface area contributed by atoms with Crippen LogP contribution in [0.15, 0.2) is 36.9 Å². The monoisotopic (exact) mass is 314 g/mol. The van der Waals surface area contributed by atoms with E-state index >= 15 is 0 Å². The van der Waals surface area contributed by atoms with E-state index < -0.39 is 24.0 Å². The second-order valence-corrected chi connectivity index (χ2v) is 3.73. The van der Waals surface area contributed by atoms with Gasteiger partial charge in [-0.2, -0.15) is 0 Å². The summed E-state index contributed by atoms with van der Waals surface area (Å²) in [5.74, 6) is -3.44. The number of carbonyl (C=O) groups is 3. The Bertz CT molecular complexity index is 474. The summed E-state index contributed by atoms with van der Waals surface area (Å²) in [5.41, 5.74) is -0.380. The van der Waals surface area contributed by atoms with E-state index in [2.05, 4.69) is 6.58 Å². The van der Waals surface area contributed by atoms with Crippen LogP contribution in [0.3, 0.4) is 0 Å². The van der Waals surface area contributed by atoms with Gasteiger partial charge >= 0.3 is 17.9 Å². The molecule has 1 aromatic carbocycles. The van der Waals surface area contributed by atoms with E-state index in [9.17, 15) is 14.4 Å². The summed E-state index contributed by atoms with van der Waals surface area (Å²) < 4.78 is 0. The molecule has 0 aliphatic carbocycles. The molecule has 0 amide bonds. The van der Waals surface area contributed by atoms with Crippen LogP contribution in [-0.2, 0) is 4.79 Å². The molecule has 0 spiro atoms. The first-order chi connectivity index (χ1) is 10.2. The summed E-state index contributed by atoms with van der Waals surface area (Å²) in [6.07, 6.45) is 0.273. The number of hydrogen-bond donors (Lipinski definition) is 5. The Morgan fingerprint density at radius 1 is 1.09 bits per heavy atom. The largest absolute Gasteiger partial charge is 0.478 e. The van der Waals surface area contributed by atoms with E-state index in [4.69, 9.17) is 25.5 Å². The Kier molecular flexibility index (Phi) is 11.8. The first-order valence-corrected chi connectivity index (χ1v) is 5.87. The second kappa shape index (κ2) is 12.1. The SMILES string of the molecule is C=CC(=O)O.CC(O)CO.O=C(O)c1ccccc1C(=O)O. The van der Waals surface area contributed by atoms with Crippen LogP contribution in [0.5, 0.6) is 0 Å². The third-order valence-electron chi connectivity index (χ3n) is 1.83. The molecule has 22 heavy (non-hydrogen) atoms. The second-order valence-electron chi connectivity index (χ2n) is 3.73. The smallest absolute Gasteiger partial charge is 0.336 e. The average molecular weight is 314 g/mol. The Labute approximate surface area is 126 Å². The predicted molar refractivity (Wildman–Crippen MR) is 77.0 cm³/mol. The molecule has 0 saturated heterocycles. The number of aliphatic hydroxyl groups is 2. The normalized spacial score (nSPS) is 9.95. The maximum atomic E-state index is 10.5. The molecular weight excluding hydrogens is 296 g/mol. The predicted octanol–water partition coefficient (Wildman–Crippen LogP) is 0.700. The van der Waals surface area contributed by atoms with Crippen molar-refractivity contribution in [2.45, 2.75) is 13.0 Å². The van der Waals surface area contributed by atoms with E-state index in [-0.39, 0.29) is 17.7 Å². The van der Waals surface area contributed by atoms with Crippen molar-refractivity contribution in [3.8, 4) is 0 Å². The summed E-state index contributed by atoms with van der Waals surface area (Å²) in [4.78, 5) is 30.2. The van der Waals surface area contributed by atoms with Crippen LogP contribution in [0.1, 0.15) is 27.6 Å². The maximum Gasteiger partial charge on any atom is 0.336 e. The first-order valence-electron chi connectivity index (χ1n) is 5.87.